The number of amides is 1. The second-order valence-corrected chi connectivity index (χ2v) is 9.85. The zero-order valence-corrected chi connectivity index (χ0v) is 21.3. The molecule has 1 amide bonds. The molecule has 8 heteroatoms. The number of benzene rings is 3. The highest BCUT2D eigenvalue weighted by Gasteiger charge is 2.30. The molecule has 0 aliphatic carbocycles. The van der Waals surface area contributed by atoms with Crippen LogP contribution in [0.3, 0.4) is 0 Å². The Bertz CT molecular complexity index is 1250. The topological polar surface area (TPSA) is 84.9 Å². The van der Waals surface area contributed by atoms with Crippen LogP contribution in [0.25, 0.3) is 0 Å². The van der Waals surface area contributed by atoms with Gasteiger partial charge >= 0.3 is 0 Å². The van der Waals surface area contributed by atoms with Crippen molar-refractivity contribution in [1.29, 1.82) is 0 Å². The van der Waals surface area contributed by atoms with Gasteiger partial charge in [0.25, 0.3) is 10.0 Å². The van der Waals surface area contributed by atoms with Crippen molar-refractivity contribution in [2.24, 2.45) is 0 Å². The highest BCUT2D eigenvalue weighted by molar-refractivity contribution is 7.92. The molecule has 3 rings (SSSR count). The lowest BCUT2D eigenvalue weighted by Gasteiger charge is -2.27. The molecule has 0 spiro atoms. The van der Waals surface area contributed by atoms with Crippen molar-refractivity contribution in [3.05, 3.63) is 83.9 Å². The number of aryl methyl sites for hydroxylation is 1. The average Bonchev–Trinajstić information content (AvgIpc) is 2.87. The van der Waals surface area contributed by atoms with E-state index < -0.39 is 22.5 Å². The van der Waals surface area contributed by atoms with E-state index in [2.05, 4.69) is 5.32 Å². The summed E-state index contributed by atoms with van der Waals surface area (Å²) >= 11 is 0. The molecular weight excluding hydrogens is 464 g/mol. The van der Waals surface area contributed by atoms with Gasteiger partial charge in [-0.05, 0) is 61.7 Å². The predicted molar refractivity (Wildman–Crippen MR) is 137 cm³/mol. The van der Waals surface area contributed by atoms with Crippen molar-refractivity contribution in [2.75, 3.05) is 24.6 Å². The summed E-state index contributed by atoms with van der Waals surface area (Å²) in [6, 6.07) is 20.3. The predicted octanol–water partition coefficient (Wildman–Crippen LogP) is 4.87. The monoisotopic (exact) mass is 496 g/mol. The van der Waals surface area contributed by atoms with Crippen molar-refractivity contribution in [3.8, 4) is 11.5 Å². The maximum Gasteiger partial charge on any atom is 0.264 e. The molecule has 186 valence electrons. The van der Waals surface area contributed by atoms with E-state index in [0.717, 1.165) is 21.2 Å². The lowest BCUT2D eigenvalue weighted by Crippen LogP contribution is -2.42. The van der Waals surface area contributed by atoms with Crippen LogP contribution in [-0.2, 0) is 14.8 Å². The Kier molecular flexibility index (Phi) is 8.76. The fraction of sp³-hybridized carbons (Fsp3) is 0.296. The number of sulfonamides is 1. The van der Waals surface area contributed by atoms with Crippen LogP contribution in [0.1, 0.15) is 37.4 Å². The number of rotatable bonds is 11. The number of anilines is 1. The molecule has 0 saturated carbocycles. The first-order valence-electron chi connectivity index (χ1n) is 11.5. The Morgan fingerprint density at radius 2 is 1.66 bits per heavy atom. The van der Waals surface area contributed by atoms with Crippen LogP contribution in [-0.4, -0.2) is 34.6 Å². The molecule has 0 heterocycles. The van der Waals surface area contributed by atoms with Crippen LogP contribution in [0, 0.1) is 6.92 Å². The summed E-state index contributed by atoms with van der Waals surface area (Å²) in [6.07, 6.45) is 0.637. The molecule has 3 aromatic rings. The summed E-state index contributed by atoms with van der Waals surface area (Å²) in [7, 11) is -2.42. The fourth-order valence-electron chi connectivity index (χ4n) is 3.87. The van der Waals surface area contributed by atoms with Gasteiger partial charge in [0.15, 0.2) is 0 Å². The summed E-state index contributed by atoms with van der Waals surface area (Å²) in [4.78, 5) is 13.3. The Labute approximate surface area is 207 Å². The van der Waals surface area contributed by atoms with E-state index in [1.165, 1.54) is 12.1 Å². The van der Waals surface area contributed by atoms with Crippen molar-refractivity contribution in [3.63, 3.8) is 0 Å². The number of methoxy groups -OCH3 is 1. The Balaban J connectivity index is 1.94. The first-order valence-corrected chi connectivity index (χ1v) is 13.0. The number of carbonyl (C=O) groups is 1. The maximum absolute atomic E-state index is 13.6. The molecule has 0 fully saturated rings. The smallest absolute Gasteiger partial charge is 0.264 e. The molecule has 7 nitrogen and oxygen atoms in total. The van der Waals surface area contributed by atoms with E-state index in [1.54, 1.807) is 49.6 Å². The van der Waals surface area contributed by atoms with Crippen LogP contribution < -0.4 is 19.1 Å². The second kappa shape index (κ2) is 11.8. The number of hydrogen-bond donors (Lipinski definition) is 1. The number of para-hydroxylation sites is 2. The molecule has 0 aliphatic rings. The van der Waals surface area contributed by atoms with Crippen LogP contribution in [0.5, 0.6) is 11.5 Å². The Hall–Kier alpha value is -3.52. The molecule has 0 aromatic heterocycles. The fourth-order valence-corrected chi connectivity index (χ4v) is 5.32. The molecule has 1 N–H and O–H groups in total. The number of hydrogen-bond acceptors (Lipinski definition) is 5. The molecule has 0 saturated heterocycles. The largest absolute Gasteiger partial charge is 0.496 e. The van der Waals surface area contributed by atoms with Gasteiger partial charge in [-0.3, -0.25) is 9.10 Å². The minimum atomic E-state index is -4.04. The summed E-state index contributed by atoms with van der Waals surface area (Å²) in [5.74, 6) is 0.735. The van der Waals surface area contributed by atoms with Gasteiger partial charge < -0.3 is 14.8 Å². The standard InChI is InChI=1S/C27H32N2O5S/c1-5-23(21-16-17-25(33-4)20(3)18-21)28-27(30)19-29(24-14-10-11-15-26(24)34-6-2)35(31,32)22-12-8-7-9-13-22/h7-18,23H,5-6,19H2,1-4H3,(H,28,30)/t23-/m1/s1. The minimum absolute atomic E-state index is 0.0944. The molecule has 35 heavy (non-hydrogen) atoms. The van der Waals surface area contributed by atoms with Gasteiger partial charge in [0.05, 0.1) is 30.3 Å². The van der Waals surface area contributed by atoms with Gasteiger partial charge in [0.2, 0.25) is 5.91 Å². The van der Waals surface area contributed by atoms with Crippen LogP contribution in [0.2, 0.25) is 0 Å². The van der Waals surface area contributed by atoms with Crippen LogP contribution in [0.15, 0.2) is 77.7 Å². The summed E-state index contributed by atoms with van der Waals surface area (Å²) in [5, 5.41) is 3.00. The first kappa shape index (κ1) is 26.1. The van der Waals surface area contributed by atoms with E-state index >= 15 is 0 Å². The van der Waals surface area contributed by atoms with Crippen molar-refractivity contribution >= 4 is 21.6 Å². The summed E-state index contributed by atoms with van der Waals surface area (Å²) < 4.78 is 39.4. The number of nitrogens with one attached hydrogen (secondary N) is 1. The van der Waals surface area contributed by atoms with E-state index in [-0.39, 0.29) is 10.9 Å². The summed E-state index contributed by atoms with van der Waals surface area (Å²) in [5.41, 5.74) is 2.18. The lowest BCUT2D eigenvalue weighted by atomic mass is 10.0. The molecular formula is C27H32N2O5S. The summed E-state index contributed by atoms with van der Waals surface area (Å²) in [6.45, 7) is 5.69. The molecule has 3 aromatic carbocycles. The average molecular weight is 497 g/mol. The maximum atomic E-state index is 13.6. The number of ether oxygens (including phenoxy) is 2. The third-order valence-corrected chi connectivity index (χ3v) is 7.39. The van der Waals surface area contributed by atoms with Gasteiger partial charge in [0, 0.05) is 0 Å². The third-order valence-electron chi connectivity index (χ3n) is 5.62. The zero-order valence-electron chi connectivity index (χ0n) is 20.5. The Morgan fingerprint density at radius 3 is 2.29 bits per heavy atom. The van der Waals surface area contributed by atoms with E-state index in [1.807, 2.05) is 39.0 Å². The third kappa shape index (κ3) is 6.14. The molecule has 0 unspecified atom stereocenters. The number of carbonyl (C=O) groups excluding carboxylic acids is 1. The van der Waals surface area contributed by atoms with E-state index in [0.29, 0.717) is 24.5 Å². The Morgan fingerprint density at radius 1 is 0.971 bits per heavy atom. The van der Waals surface area contributed by atoms with Crippen molar-refractivity contribution in [1.82, 2.24) is 5.32 Å². The first-order chi connectivity index (χ1) is 16.8. The van der Waals surface area contributed by atoms with Gasteiger partial charge in [-0.2, -0.15) is 0 Å². The van der Waals surface area contributed by atoms with Gasteiger partial charge in [-0.1, -0.05) is 49.4 Å². The van der Waals surface area contributed by atoms with E-state index in [9.17, 15) is 13.2 Å². The highest BCUT2D eigenvalue weighted by Crippen LogP contribution is 2.32. The normalized spacial score (nSPS) is 12.0. The second-order valence-electron chi connectivity index (χ2n) is 7.98. The minimum Gasteiger partial charge on any atom is -0.496 e. The van der Waals surface area contributed by atoms with E-state index in [4.69, 9.17) is 9.47 Å². The van der Waals surface area contributed by atoms with Crippen molar-refractivity contribution in [2.45, 2.75) is 38.1 Å². The molecule has 0 radical (unpaired) electrons. The van der Waals surface area contributed by atoms with Crippen LogP contribution in [0.4, 0.5) is 5.69 Å². The van der Waals surface area contributed by atoms with Gasteiger partial charge in [-0.15, -0.1) is 0 Å². The van der Waals surface area contributed by atoms with Crippen molar-refractivity contribution < 1.29 is 22.7 Å². The lowest BCUT2D eigenvalue weighted by molar-refractivity contribution is -0.120. The molecule has 0 aliphatic heterocycles. The zero-order chi connectivity index (χ0) is 25.4. The SMILES string of the molecule is CCOc1ccccc1N(CC(=O)N[C@H](CC)c1ccc(OC)c(C)c1)S(=O)(=O)c1ccccc1. The molecule has 0 bridgehead atoms. The quantitative estimate of drug-likeness (QED) is 0.410. The number of nitrogens with zero attached hydrogens (tertiary/aromatic N) is 1. The van der Waals surface area contributed by atoms with Gasteiger partial charge in [0.1, 0.15) is 18.0 Å². The van der Waals surface area contributed by atoms with Gasteiger partial charge in [-0.25, -0.2) is 8.42 Å². The molecule has 1 atom stereocenters. The highest BCUT2D eigenvalue weighted by atomic mass is 32.2. The van der Waals surface area contributed by atoms with Crippen LogP contribution >= 0.6 is 0 Å².